The van der Waals surface area contributed by atoms with Gasteiger partial charge >= 0.3 is 0 Å². The molecule has 3 heterocycles. The molecule has 7 nitrogen and oxygen atoms in total. The molecule has 3 atom stereocenters. The van der Waals surface area contributed by atoms with Crippen LogP contribution >= 0.6 is 0 Å². The van der Waals surface area contributed by atoms with Gasteiger partial charge in [-0.15, -0.1) is 0 Å². The van der Waals surface area contributed by atoms with E-state index in [1.807, 2.05) is 18.2 Å². The third-order valence-electron chi connectivity index (χ3n) is 6.48. The van der Waals surface area contributed by atoms with Crippen LogP contribution in [0.3, 0.4) is 0 Å². The van der Waals surface area contributed by atoms with Crippen LogP contribution < -0.4 is 10.2 Å². The van der Waals surface area contributed by atoms with E-state index >= 15 is 4.39 Å². The van der Waals surface area contributed by atoms with Crippen LogP contribution in [0, 0.1) is 5.82 Å². The summed E-state index contributed by atoms with van der Waals surface area (Å²) in [6.07, 6.45) is 2.47. The number of halogens is 1. The van der Waals surface area contributed by atoms with E-state index in [-0.39, 0.29) is 11.7 Å². The fourth-order valence-corrected chi connectivity index (χ4v) is 5.13. The first-order chi connectivity index (χ1) is 15.5. The van der Waals surface area contributed by atoms with Gasteiger partial charge in [-0.3, -0.25) is 14.3 Å². The average Bonchev–Trinajstić information content (AvgIpc) is 3.30. The zero-order valence-electron chi connectivity index (χ0n) is 17.4. The van der Waals surface area contributed by atoms with Gasteiger partial charge < -0.3 is 14.7 Å². The first kappa shape index (κ1) is 20.2. The van der Waals surface area contributed by atoms with Crippen molar-refractivity contribution >= 4 is 5.91 Å². The molecule has 0 unspecified atom stereocenters. The zero-order valence-corrected chi connectivity index (χ0v) is 17.4. The number of ether oxygens (including phenoxy) is 1. The second-order valence-electron chi connectivity index (χ2n) is 8.09. The Hall–Kier alpha value is -3.68. The Bertz CT molecular complexity index is 1260. The topological polar surface area (TPSA) is 84.7 Å². The Kier molecular flexibility index (Phi) is 4.92. The minimum Gasteiger partial charge on any atom is -0.502 e. The van der Waals surface area contributed by atoms with Gasteiger partial charge in [-0.05, 0) is 30.5 Å². The third-order valence-corrected chi connectivity index (χ3v) is 6.48. The molecule has 0 saturated carbocycles. The van der Waals surface area contributed by atoms with Gasteiger partial charge in [-0.25, -0.2) is 4.39 Å². The second-order valence-corrected chi connectivity index (χ2v) is 8.09. The van der Waals surface area contributed by atoms with Crippen molar-refractivity contribution < 1.29 is 19.0 Å². The number of fused-ring (bicyclic) bond motifs is 2. The highest BCUT2D eigenvalue weighted by atomic mass is 19.1. The molecule has 0 radical (unpaired) electrons. The molecule has 8 heteroatoms. The number of benzene rings is 2. The van der Waals surface area contributed by atoms with Crippen molar-refractivity contribution in [3.05, 3.63) is 87.6 Å². The second kappa shape index (κ2) is 7.78. The number of hydrogen-bond acceptors (Lipinski definition) is 5. The highest BCUT2D eigenvalue weighted by molar-refractivity contribution is 5.96. The Morgan fingerprint density at radius 1 is 1.12 bits per heavy atom. The van der Waals surface area contributed by atoms with Crippen LogP contribution in [-0.4, -0.2) is 45.4 Å². The Balaban J connectivity index is 1.82. The number of para-hydroxylation sites is 1. The number of rotatable bonds is 4. The van der Waals surface area contributed by atoms with Crippen molar-refractivity contribution in [3.63, 3.8) is 0 Å². The monoisotopic (exact) mass is 435 g/mol. The Morgan fingerprint density at radius 3 is 2.59 bits per heavy atom. The molecule has 1 fully saturated rings. The quantitative estimate of drug-likeness (QED) is 0.681. The number of amides is 1. The molecular formula is C24H22FN3O4. The fourth-order valence-electron chi connectivity index (χ4n) is 5.13. The zero-order chi connectivity index (χ0) is 22.4. The molecule has 5 rings (SSSR count). The van der Waals surface area contributed by atoms with Crippen LogP contribution in [0.1, 0.15) is 46.4 Å². The highest BCUT2D eigenvalue weighted by Crippen LogP contribution is 2.48. The summed E-state index contributed by atoms with van der Waals surface area (Å²) in [5, 5.41) is 14.8. The summed E-state index contributed by atoms with van der Waals surface area (Å²) in [6, 6.07) is 13.0. The maximum atomic E-state index is 15.2. The van der Waals surface area contributed by atoms with Crippen molar-refractivity contribution in [3.8, 4) is 11.5 Å². The van der Waals surface area contributed by atoms with Crippen LogP contribution in [0.2, 0.25) is 0 Å². The van der Waals surface area contributed by atoms with Crippen LogP contribution in [0.25, 0.3) is 0 Å². The lowest BCUT2D eigenvalue weighted by Crippen LogP contribution is -2.51. The number of hydrogen-bond donors (Lipinski definition) is 1. The molecule has 164 valence electrons. The summed E-state index contributed by atoms with van der Waals surface area (Å²) < 4.78 is 22.2. The number of methoxy groups -OCH3 is 1. The summed E-state index contributed by atoms with van der Waals surface area (Å²) in [6.45, 7) is 0.498. The highest BCUT2D eigenvalue weighted by Gasteiger charge is 2.48. The van der Waals surface area contributed by atoms with Gasteiger partial charge in [-0.2, -0.15) is 5.10 Å². The van der Waals surface area contributed by atoms with Gasteiger partial charge in [0.2, 0.25) is 5.43 Å². The first-order valence-corrected chi connectivity index (χ1v) is 10.5. The Morgan fingerprint density at radius 2 is 1.84 bits per heavy atom. The third kappa shape index (κ3) is 2.97. The van der Waals surface area contributed by atoms with E-state index in [4.69, 9.17) is 4.74 Å². The van der Waals surface area contributed by atoms with Crippen LogP contribution in [0.4, 0.5) is 4.39 Å². The fraction of sp³-hybridized carbons (Fsp3) is 0.292. The maximum Gasteiger partial charge on any atom is 0.276 e. The predicted octanol–water partition coefficient (Wildman–Crippen LogP) is 3.09. The van der Waals surface area contributed by atoms with Crippen molar-refractivity contribution in [2.45, 2.75) is 30.8 Å². The molecule has 2 aliphatic rings. The minimum absolute atomic E-state index is 0.156. The summed E-state index contributed by atoms with van der Waals surface area (Å²) in [5.41, 5.74) is 0.281. The Labute approximate surface area is 183 Å². The summed E-state index contributed by atoms with van der Waals surface area (Å²) in [4.78, 5) is 27.0. The maximum absolute atomic E-state index is 15.2. The molecule has 2 aliphatic heterocycles. The molecule has 0 bridgehead atoms. The molecule has 32 heavy (non-hydrogen) atoms. The lowest BCUT2D eigenvalue weighted by molar-refractivity contribution is 0.0563. The van der Waals surface area contributed by atoms with Gasteiger partial charge in [0.25, 0.3) is 5.91 Å². The molecule has 1 aromatic heterocycles. The van der Waals surface area contributed by atoms with Crippen molar-refractivity contribution in [2.75, 3.05) is 13.7 Å². The number of aromatic nitrogens is 2. The molecule has 1 N–H and O–H groups in total. The average molecular weight is 435 g/mol. The van der Waals surface area contributed by atoms with E-state index in [9.17, 15) is 14.7 Å². The summed E-state index contributed by atoms with van der Waals surface area (Å²) >= 11 is 0. The van der Waals surface area contributed by atoms with Gasteiger partial charge in [0.1, 0.15) is 11.6 Å². The SMILES string of the molecule is COc1ccccc1[C@H](c1ccccc1F)[C@H]1[C@H]2CCCN2C(=O)c2c(O)c(=O)cnn21. The number of aromatic hydroxyl groups is 1. The lowest BCUT2D eigenvalue weighted by Gasteiger charge is -2.42. The van der Waals surface area contributed by atoms with E-state index in [0.717, 1.165) is 18.2 Å². The van der Waals surface area contributed by atoms with Gasteiger partial charge in [0.15, 0.2) is 11.4 Å². The number of carbonyl (C=O) groups is 1. The van der Waals surface area contributed by atoms with Crippen molar-refractivity contribution in [1.29, 1.82) is 0 Å². The minimum atomic E-state index is -0.722. The standard InChI is InChI=1S/C24H22FN3O4/c1-32-19-11-5-3-8-15(19)20(14-7-2-4-9-16(14)25)21-17-10-6-12-27(17)24(31)22-23(30)18(29)13-26-28(21)22/h2-5,7-9,11,13,17,20-21,30H,6,10,12H2,1H3/t17-,20+,21-/m1/s1. The van der Waals surface area contributed by atoms with Gasteiger partial charge in [-0.1, -0.05) is 36.4 Å². The first-order valence-electron chi connectivity index (χ1n) is 10.5. The molecule has 1 saturated heterocycles. The van der Waals surface area contributed by atoms with E-state index in [2.05, 4.69) is 5.10 Å². The molecular weight excluding hydrogens is 413 g/mol. The molecule has 3 aromatic rings. The van der Waals surface area contributed by atoms with Crippen LogP contribution in [-0.2, 0) is 0 Å². The van der Waals surface area contributed by atoms with Gasteiger partial charge in [0, 0.05) is 18.0 Å². The van der Waals surface area contributed by atoms with E-state index in [1.54, 1.807) is 36.3 Å². The molecule has 1 amide bonds. The largest absolute Gasteiger partial charge is 0.502 e. The van der Waals surface area contributed by atoms with Crippen LogP contribution in [0.15, 0.2) is 59.5 Å². The smallest absolute Gasteiger partial charge is 0.276 e. The number of nitrogens with zero attached hydrogens (tertiary/aromatic N) is 3. The molecule has 2 aromatic carbocycles. The lowest BCUT2D eigenvalue weighted by atomic mass is 9.79. The predicted molar refractivity (Wildman–Crippen MR) is 114 cm³/mol. The summed E-state index contributed by atoms with van der Waals surface area (Å²) in [5.74, 6) is -1.46. The van der Waals surface area contributed by atoms with Crippen molar-refractivity contribution in [1.82, 2.24) is 14.7 Å². The van der Waals surface area contributed by atoms with Crippen LogP contribution in [0.5, 0.6) is 11.5 Å². The van der Waals surface area contributed by atoms with E-state index in [1.165, 1.54) is 10.7 Å². The molecule has 0 aliphatic carbocycles. The normalized spacial score (nSPS) is 20.6. The van der Waals surface area contributed by atoms with E-state index < -0.39 is 34.9 Å². The van der Waals surface area contributed by atoms with Crippen molar-refractivity contribution in [2.24, 2.45) is 0 Å². The number of carbonyl (C=O) groups excluding carboxylic acids is 1. The van der Waals surface area contributed by atoms with E-state index in [0.29, 0.717) is 24.3 Å². The molecule has 0 spiro atoms. The summed E-state index contributed by atoms with van der Waals surface area (Å²) in [7, 11) is 1.55. The van der Waals surface area contributed by atoms with Gasteiger partial charge in [0.05, 0.1) is 25.4 Å².